The number of hydrogen-bond acceptors (Lipinski definition) is 3. The SMILES string of the molecule is COc1cc(-c2cc(Cl)cc(CC(C)Oc3ccccc3Cl)c2OC)ccc1Cl. The van der Waals surface area contributed by atoms with Crippen LogP contribution in [0.15, 0.2) is 54.6 Å². The Kier molecular flexibility index (Phi) is 7.18. The third kappa shape index (κ3) is 5.11. The lowest BCUT2D eigenvalue weighted by Crippen LogP contribution is -2.16. The topological polar surface area (TPSA) is 27.7 Å². The van der Waals surface area contributed by atoms with Crippen molar-refractivity contribution in [1.29, 1.82) is 0 Å². The van der Waals surface area contributed by atoms with Gasteiger partial charge in [-0.15, -0.1) is 0 Å². The van der Waals surface area contributed by atoms with E-state index in [0.29, 0.717) is 33.0 Å². The summed E-state index contributed by atoms with van der Waals surface area (Å²) in [6.45, 7) is 1.98. The molecule has 3 aromatic carbocycles. The summed E-state index contributed by atoms with van der Waals surface area (Å²) < 4.78 is 17.1. The number of para-hydroxylation sites is 1. The van der Waals surface area contributed by atoms with E-state index in [1.165, 1.54) is 0 Å². The fraction of sp³-hybridized carbons (Fsp3) is 0.217. The average Bonchev–Trinajstić information content (AvgIpc) is 2.69. The second-order valence-electron chi connectivity index (χ2n) is 6.56. The third-order valence-electron chi connectivity index (χ3n) is 4.47. The van der Waals surface area contributed by atoms with Gasteiger partial charge in [0.25, 0.3) is 0 Å². The highest BCUT2D eigenvalue weighted by molar-refractivity contribution is 6.32. The predicted octanol–water partition coefficient (Wildman–Crippen LogP) is 7.34. The Hall–Kier alpha value is -2.07. The predicted molar refractivity (Wildman–Crippen MR) is 120 cm³/mol. The van der Waals surface area contributed by atoms with Crippen LogP contribution >= 0.6 is 34.8 Å². The van der Waals surface area contributed by atoms with Gasteiger partial charge in [-0.1, -0.05) is 53.0 Å². The molecule has 1 atom stereocenters. The molecule has 3 aromatic rings. The van der Waals surface area contributed by atoms with Crippen LogP contribution in [0, 0.1) is 0 Å². The number of rotatable bonds is 7. The van der Waals surface area contributed by atoms with Gasteiger partial charge in [-0.3, -0.25) is 0 Å². The first-order chi connectivity index (χ1) is 13.9. The molecule has 29 heavy (non-hydrogen) atoms. The van der Waals surface area contributed by atoms with Crippen molar-refractivity contribution < 1.29 is 14.2 Å². The van der Waals surface area contributed by atoms with Gasteiger partial charge in [0.05, 0.1) is 24.3 Å². The van der Waals surface area contributed by atoms with Crippen molar-refractivity contribution in [2.24, 2.45) is 0 Å². The first kappa shape index (κ1) is 21.6. The van der Waals surface area contributed by atoms with Crippen LogP contribution in [-0.2, 0) is 6.42 Å². The van der Waals surface area contributed by atoms with E-state index in [0.717, 1.165) is 22.4 Å². The molecule has 6 heteroatoms. The lowest BCUT2D eigenvalue weighted by molar-refractivity contribution is 0.221. The van der Waals surface area contributed by atoms with Gasteiger partial charge >= 0.3 is 0 Å². The summed E-state index contributed by atoms with van der Waals surface area (Å²) in [5, 5.41) is 1.72. The van der Waals surface area contributed by atoms with Crippen LogP contribution in [0.3, 0.4) is 0 Å². The monoisotopic (exact) mass is 450 g/mol. The van der Waals surface area contributed by atoms with Crippen LogP contribution in [0.1, 0.15) is 12.5 Å². The Morgan fingerprint density at radius 2 is 1.55 bits per heavy atom. The van der Waals surface area contributed by atoms with Crippen LogP contribution < -0.4 is 14.2 Å². The standard InChI is InChI=1S/C23H21Cl3O3/c1-14(29-21-7-5-4-6-19(21)25)10-16-11-17(24)13-18(23(16)28-3)15-8-9-20(26)22(12-15)27-2/h4-9,11-14H,10H2,1-3H3. The molecule has 0 aliphatic heterocycles. The summed E-state index contributed by atoms with van der Waals surface area (Å²) in [4.78, 5) is 0. The summed E-state index contributed by atoms with van der Waals surface area (Å²) in [6, 6.07) is 16.7. The van der Waals surface area contributed by atoms with Crippen molar-refractivity contribution in [3.63, 3.8) is 0 Å². The van der Waals surface area contributed by atoms with E-state index in [-0.39, 0.29) is 6.10 Å². The fourth-order valence-electron chi connectivity index (χ4n) is 3.19. The number of ether oxygens (including phenoxy) is 3. The summed E-state index contributed by atoms with van der Waals surface area (Å²) in [5.74, 6) is 1.96. The molecule has 0 N–H and O–H groups in total. The van der Waals surface area contributed by atoms with Crippen molar-refractivity contribution in [3.05, 3.63) is 75.2 Å². The van der Waals surface area contributed by atoms with E-state index in [1.807, 2.05) is 49.4 Å². The molecule has 0 aliphatic carbocycles. The van der Waals surface area contributed by atoms with Crippen LogP contribution in [0.2, 0.25) is 15.1 Å². The van der Waals surface area contributed by atoms with E-state index >= 15 is 0 Å². The van der Waals surface area contributed by atoms with Gasteiger partial charge in [-0.05, 0) is 54.4 Å². The second-order valence-corrected chi connectivity index (χ2v) is 7.81. The van der Waals surface area contributed by atoms with Gasteiger partial charge in [0.1, 0.15) is 23.4 Å². The zero-order chi connectivity index (χ0) is 21.0. The average molecular weight is 452 g/mol. The zero-order valence-electron chi connectivity index (χ0n) is 16.3. The van der Waals surface area contributed by atoms with E-state index < -0.39 is 0 Å². The Balaban J connectivity index is 1.95. The molecule has 0 fully saturated rings. The molecule has 0 saturated carbocycles. The molecule has 0 aromatic heterocycles. The number of halogens is 3. The molecule has 1 unspecified atom stereocenters. The van der Waals surface area contributed by atoms with Gasteiger partial charge in [-0.25, -0.2) is 0 Å². The number of methoxy groups -OCH3 is 2. The van der Waals surface area contributed by atoms with Gasteiger partial charge in [-0.2, -0.15) is 0 Å². The minimum Gasteiger partial charge on any atom is -0.496 e. The van der Waals surface area contributed by atoms with Crippen LogP contribution in [-0.4, -0.2) is 20.3 Å². The Morgan fingerprint density at radius 3 is 2.24 bits per heavy atom. The van der Waals surface area contributed by atoms with E-state index in [1.54, 1.807) is 26.4 Å². The highest BCUT2D eigenvalue weighted by Crippen LogP contribution is 2.39. The fourth-order valence-corrected chi connectivity index (χ4v) is 3.81. The molecule has 0 bridgehead atoms. The first-order valence-corrected chi connectivity index (χ1v) is 10.2. The van der Waals surface area contributed by atoms with E-state index in [4.69, 9.17) is 49.0 Å². The second kappa shape index (κ2) is 9.62. The highest BCUT2D eigenvalue weighted by atomic mass is 35.5. The smallest absolute Gasteiger partial charge is 0.138 e. The normalized spacial score (nSPS) is 11.8. The van der Waals surface area contributed by atoms with Crippen molar-refractivity contribution >= 4 is 34.8 Å². The van der Waals surface area contributed by atoms with Gasteiger partial charge in [0.2, 0.25) is 0 Å². The Labute approximate surface area is 186 Å². The summed E-state index contributed by atoms with van der Waals surface area (Å²) in [7, 11) is 3.22. The van der Waals surface area contributed by atoms with Crippen LogP contribution in [0.25, 0.3) is 11.1 Å². The first-order valence-electron chi connectivity index (χ1n) is 9.04. The van der Waals surface area contributed by atoms with Gasteiger partial charge < -0.3 is 14.2 Å². The van der Waals surface area contributed by atoms with Crippen molar-refractivity contribution in [3.8, 4) is 28.4 Å². The minimum absolute atomic E-state index is 0.144. The Bertz CT molecular complexity index is 1000. The molecule has 3 nitrogen and oxygen atoms in total. The van der Waals surface area contributed by atoms with Gasteiger partial charge in [0.15, 0.2) is 0 Å². The quantitative estimate of drug-likeness (QED) is 0.376. The third-order valence-corrected chi connectivity index (χ3v) is 5.31. The number of hydrogen-bond donors (Lipinski definition) is 0. The Morgan fingerprint density at radius 1 is 0.828 bits per heavy atom. The molecule has 0 saturated heterocycles. The lowest BCUT2D eigenvalue weighted by atomic mass is 9.98. The van der Waals surface area contributed by atoms with Crippen molar-refractivity contribution in [1.82, 2.24) is 0 Å². The van der Waals surface area contributed by atoms with Crippen molar-refractivity contribution in [2.45, 2.75) is 19.4 Å². The molecule has 0 spiro atoms. The van der Waals surface area contributed by atoms with E-state index in [2.05, 4.69) is 0 Å². The van der Waals surface area contributed by atoms with Gasteiger partial charge in [0, 0.05) is 17.0 Å². The summed E-state index contributed by atoms with van der Waals surface area (Å²) in [5.41, 5.74) is 2.69. The lowest BCUT2D eigenvalue weighted by Gasteiger charge is -2.20. The maximum absolute atomic E-state index is 6.43. The molecule has 0 aliphatic rings. The molecule has 0 radical (unpaired) electrons. The minimum atomic E-state index is -0.144. The maximum atomic E-state index is 6.43. The maximum Gasteiger partial charge on any atom is 0.138 e. The molecular formula is C23H21Cl3O3. The molecule has 3 rings (SSSR count). The molecule has 152 valence electrons. The van der Waals surface area contributed by atoms with Crippen molar-refractivity contribution in [2.75, 3.05) is 14.2 Å². The van der Waals surface area contributed by atoms with E-state index in [9.17, 15) is 0 Å². The summed E-state index contributed by atoms with van der Waals surface area (Å²) >= 11 is 18.8. The van der Waals surface area contributed by atoms with Crippen LogP contribution in [0.4, 0.5) is 0 Å². The number of benzene rings is 3. The summed E-state index contributed by atoms with van der Waals surface area (Å²) in [6.07, 6.45) is 0.446. The zero-order valence-corrected chi connectivity index (χ0v) is 18.6. The molecular weight excluding hydrogens is 431 g/mol. The molecule has 0 amide bonds. The highest BCUT2D eigenvalue weighted by Gasteiger charge is 2.18. The van der Waals surface area contributed by atoms with Crippen LogP contribution in [0.5, 0.6) is 17.2 Å². The molecule has 0 heterocycles. The largest absolute Gasteiger partial charge is 0.496 e.